The van der Waals surface area contributed by atoms with Crippen molar-refractivity contribution in [2.24, 2.45) is 0 Å². The Hall–Kier alpha value is -1.10. The van der Waals surface area contributed by atoms with Gasteiger partial charge in [-0.3, -0.25) is 0 Å². The first-order valence-corrected chi connectivity index (χ1v) is 6.47. The van der Waals surface area contributed by atoms with Gasteiger partial charge in [0, 0.05) is 18.4 Å². The molecule has 1 heterocycles. The lowest BCUT2D eigenvalue weighted by atomic mass is 10.3. The Morgan fingerprint density at radius 1 is 1.35 bits per heavy atom. The van der Waals surface area contributed by atoms with Crippen LogP contribution in [0.1, 0.15) is 10.7 Å². The minimum absolute atomic E-state index is 0.120. The van der Waals surface area contributed by atoms with Gasteiger partial charge in [-0.2, -0.15) is 0 Å². The first-order chi connectivity index (χ1) is 8.29. The monoisotopic (exact) mass is 269 g/mol. The third-order valence-corrected chi connectivity index (χ3v) is 3.34. The summed E-state index contributed by atoms with van der Waals surface area (Å²) in [6.07, 6.45) is 0.586. The quantitative estimate of drug-likeness (QED) is 0.908. The van der Waals surface area contributed by atoms with Crippen molar-refractivity contribution in [2.45, 2.75) is 13.0 Å². The second kappa shape index (κ2) is 6.00. The summed E-state index contributed by atoms with van der Waals surface area (Å²) in [5.74, 6) is 0.660. The maximum Gasteiger partial charge on any atom is 0.140 e. The molecular weight excluding hydrogens is 258 g/mol. The van der Waals surface area contributed by atoms with E-state index in [4.69, 9.17) is 21.4 Å². The molecular formula is C12H12ClNO2S. The zero-order valence-corrected chi connectivity index (χ0v) is 10.7. The maximum atomic E-state index is 8.79. The van der Waals surface area contributed by atoms with Gasteiger partial charge in [-0.25, -0.2) is 4.98 Å². The van der Waals surface area contributed by atoms with Crippen LogP contribution in [0, 0.1) is 0 Å². The van der Waals surface area contributed by atoms with Crippen LogP contribution in [-0.2, 0) is 13.0 Å². The number of para-hydroxylation sites is 1. The van der Waals surface area contributed by atoms with Crippen LogP contribution in [0.3, 0.4) is 0 Å². The van der Waals surface area contributed by atoms with Crippen LogP contribution >= 0.6 is 22.9 Å². The smallest absolute Gasteiger partial charge is 0.140 e. The highest BCUT2D eigenvalue weighted by molar-refractivity contribution is 7.09. The van der Waals surface area contributed by atoms with E-state index >= 15 is 0 Å². The number of aliphatic hydroxyl groups is 1. The summed E-state index contributed by atoms with van der Waals surface area (Å²) in [5, 5.41) is 12.2. The topological polar surface area (TPSA) is 42.4 Å². The summed E-state index contributed by atoms with van der Waals surface area (Å²) >= 11 is 7.49. The van der Waals surface area contributed by atoms with Gasteiger partial charge in [0.25, 0.3) is 0 Å². The van der Waals surface area contributed by atoms with E-state index in [9.17, 15) is 0 Å². The minimum Gasteiger partial charge on any atom is -0.485 e. The first kappa shape index (κ1) is 12.4. The average molecular weight is 270 g/mol. The van der Waals surface area contributed by atoms with Crippen molar-refractivity contribution in [1.29, 1.82) is 0 Å². The summed E-state index contributed by atoms with van der Waals surface area (Å²) in [6, 6.07) is 7.35. The molecule has 1 aromatic carbocycles. The van der Waals surface area contributed by atoms with E-state index in [-0.39, 0.29) is 6.61 Å². The summed E-state index contributed by atoms with van der Waals surface area (Å²) in [5.41, 5.74) is 0.898. The predicted molar refractivity (Wildman–Crippen MR) is 68.7 cm³/mol. The largest absolute Gasteiger partial charge is 0.485 e. The van der Waals surface area contributed by atoms with Crippen LogP contribution in [-0.4, -0.2) is 16.7 Å². The predicted octanol–water partition coefficient (Wildman–Crippen LogP) is 2.91. The molecule has 0 fully saturated rings. The Kier molecular flexibility index (Phi) is 4.36. The van der Waals surface area contributed by atoms with Gasteiger partial charge >= 0.3 is 0 Å². The fourth-order valence-electron chi connectivity index (χ4n) is 1.35. The van der Waals surface area contributed by atoms with Gasteiger partial charge in [0.2, 0.25) is 0 Å². The molecule has 2 aromatic rings. The number of benzene rings is 1. The molecule has 1 N–H and O–H groups in total. The van der Waals surface area contributed by atoms with Crippen LogP contribution < -0.4 is 4.74 Å². The van der Waals surface area contributed by atoms with Gasteiger partial charge in [0.15, 0.2) is 0 Å². The molecule has 0 aliphatic heterocycles. The van der Waals surface area contributed by atoms with Crippen molar-refractivity contribution in [1.82, 2.24) is 4.98 Å². The van der Waals surface area contributed by atoms with E-state index in [1.807, 2.05) is 23.6 Å². The lowest BCUT2D eigenvalue weighted by molar-refractivity contribution is 0.295. The number of thiazole rings is 1. The number of nitrogens with zero attached hydrogens (tertiary/aromatic N) is 1. The standard InChI is InChI=1S/C12H12ClNO2S/c13-10-3-1-2-4-11(10)16-7-12-14-9(5-6-15)8-17-12/h1-4,8,15H,5-7H2. The maximum absolute atomic E-state index is 8.79. The second-order valence-corrected chi connectivity index (χ2v) is 4.78. The molecule has 0 amide bonds. The van der Waals surface area contributed by atoms with E-state index in [0.29, 0.717) is 23.8 Å². The minimum atomic E-state index is 0.120. The number of ether oxygens (including phenoxy) is 1. The molecule has 0 aliphatic carbocycles. The number of hydrogen-bond acceptors (Lipinski definition) is 4. The number of halogens is 1. The number of hydrogen-bond donors (Lipinski definition) is 1. The molecule has 2 rings (SSSR count). The van der Waals surface area contributed by atoms with Crippen LogP contribution in [0.25, 0.3) is 0 Å². The molecule has 0 atom stereocenters. The summed E-state index contributed by atoms with van der Waals surface area (Å²) in [6.45, 7) is 0.522. The number of aromatic nitrogens is 1. The lowest BCUT2D eigenvalue weighted by Gasteiger charge is -2.05. The fraction of sp³-hybridized carbons (Fsp3) is 0.250. The average Bonchev–Trinajstić information content (AvgIpc) is 2.76. The highest BCUT2D eigenvalue weighted by Crippen LogP contribution is 2.24. The van der Waals surface area contributed by atoms with Crippen LogP contribution in [0.4, 0.5) is 0 Å². The molecule has 0 saturated heterocycles. The van der Waals surface area contributed by atoms with Crippen LogP contribution in [0.2, 0.25) is 5.02 Å². The van der Waals surface area contributed by atoms with Gasteiger partial charge in [-0.15, -0.1) is 11.3 Å². The zero-order chi connectivity index (χ0) is 12.1. The van der Waals surface area contributed by atoms with E-state index < -0.39 is 0 Å². The van der Waals surface area contributed by atoms with Crippen LogP contribution in [0.5, 0.6) is 5.75 Å². The van der Waals surface area contributed by atoms with E-state index in [0.717, 1.165) is 10.7 Å². The van der Waals surface area contributed by atoms with E-state index in [1.54, 1.807) is 6.07 Å². The Morgan fingerprint density at radius 3 is 2.94 bits per heavy atom. The third-order valence-electron chi connectivity index (χ3n) is 2.16. The third kappa shape index (κ3) is 3.43. The van der Waals surface area contributed by atoms with Gasteiger partial charge in [-0.1, -0.05) is 23.7 Å². The van der Waals surface area contributed by atoms with Crippen molar-refractivity contribution < 1.29 is 9.84 Å². The molecule has 0 bridgehead atoms. The highest BCUT2D eigenvalue weighted by atomic mass is 35.5. The molecule has 3 nitrogen and oxygen atoms in total. The van der Waals surface area contributed by atoms with Gasteiger partial charge in [-0.05, 0) is 12.1 Å². The molecule has 17 heavy (non-hydrogen) atoms. The second-order valence-electron chi connectivity index (χ2n) is 3.43. The number of rotatable bonds is 5. The Bertz CT molecular complexity index is 487. The Balaban J connectivity index is 1.95. The van der Waals surface area contributed by atoms with Crippen molar-refractivity contribution in [3.8, 4) is 5.75 Å². The van der Waals surface area contributed by atoms with E-state index in [1.165, 1.54) is 11.3 Å². The van der Waals surface area contributed by atoms with Crippen molar-refractivity contribution in [3.05, 3.63) is 45.4 Å². The van der Waals surface area contributed by atoms with Crippen LogP contribution in [0.15, 0.2) is 29.6 Å². The molecule has 1 aromatic heterocycles. The molecule has 0 spiro atoms. The SMILES string of the molecule is OCCc1csc(COc2ccccc2Cl)n1. The Morgan fingerprint density at radius 2 is 2.18 bits per heavy atom. The highest BCUT2D eigenvalue weighted by Gasteiger charge is 2.04. The van der Waals surface area contributed by atoms with Crippen molar-refractivity contribution >= 4 is 22.9 Å². The summed E-state index contributed by atoms with van der Waals surface area (Å²) in [4.78, 5) is 4.34. The lowest BCUT2D eigenvalue weighted by Crippen LogP contribution is -1.97. The van der Waals surface area contributed by atoms with Gasteiger partial charge < -0.3 is 9.84 Å². The van der Waals surface area contributed by atoms with Crippen molar-refractivity contribution in [3.63, 3.8) is 0 Å². The fourth-order valence-corrected chi connectivity index (χ4v) is 2.28. The molecule has 0 radical (unpaired) electrons. The molecule has 5 heteroatoms. The normalized spacial score (nSPS) is 10.5. The summed E-state index contributed by atoms with van der Waals surface area (Å²) in [7, 11) is 0. The molecule has 90 valence electrons. The first-order valence-electron chi connectivity index (χ1n) is 5.21. The zero-order valence-electron chi connectivity index (χ0n) is 9.10. The summed E-state index contributed by atoms with van der Waals surface area (Å²) < 4.78 is 5.57. The van der Waals surface area contributed by atoms with Gasteiger partial charge in [0.1, 0.15) is 17.4 Å². The number of aliphatic hydroxyl groups excluding tert-OH is 1. The Labute approximate surface area is 109 Å². The van der Waals surface area contributed by atoms with E-state index in [2.05, 4.69) is 4.98 Å². The molecule has 0 unspecified atom stereocenters. The molecule has 0 saturated carbocycles. The van der Waals surface area contributed by atoms with Crippen molar-refractivity contribution in [2.75, 3.05) is 6.61 Å². The molecule has 0 aliphatic rings. The van der Waals surface area contributed by atoms with Gasteiger partial charge in [0.05, 0.1) is 10.7 Å².